The molecule has 0 heterocycles. The molecule has 0 aliphatic rings. The van der Waals surface area contributed by atoms with Gasteiger partial charge in [-0.2, -0.15) is 0 Å². The van der Waals surface area contributed by atoms with Crippen LogP contribution < -0.4 is 16.2 Å². The van der Waals surface area contributed by atoms with E-state index in [1.165, 1.54) is 6.07 Å². The minimum absolute atomic E-state index is 0.0383. The third-order valence-corrected chi connectivity index (χ3v) is 2.91. The van der Waals surface area contributed by atoms with E-state index >= 15 is 0 Å². The largest absolute Gasteiger partial charge is 0.396 e. The average molecular weight is 229 g/mol. The van der Waals surface area contributed by atoms with E-state index < -0.39 is 10.0 Å². The summed E-state index contributed by atoms with van der Waals surface area (Å²) in [6.07, 6.45) is 0.930. The highest BCUT2D eigenvalue weighted by Crippen LogP contribution is 2.25. The van der Waals surface area contributed by atoms with Crippen LogP contribution in [0.2, 0.25) is 0 Å². The highest BCUT2D eigenvalue weighted by molar-refractivity contribution is 7.89. The Bertz CT molecular complexity index is 443. The second-order valence-electron chi connectivity index (χ2n) is 3.19. The van der Waals surface area contributed by atoms with Gasteiger partial charge >= 0.3 is 0 Å². The molecule has 0 aliphatic heterocycles. The third-order valence-electron chi connectivity index (χ3n) is 1.94. The first-order valence-electron chi connectivity index (χ1n) is 4.62. The predicted octanol–water partition coefficient (Wildman–Crippen LogP) is 0.738. The molecule has 0 unspecified atom stereocenters. The molecule has 1 aromatic rings. The van der Waals surface area contributed by atoms with Crippen LogP contribution in [-0.4, -0.2) is 15.0 Å². The predicted molar refractivity (Wildman–Crippen MR) is 61.0 cm³/mol. The van der Waals surface area contributed by atoms with E-state index in [0.29, 0.717) is 5.69 Å². The van der Waals surface area contributed by atoms with Crippen molar-refractivity contribution in [2.45, 2.75) is 18.2 Å². The molecule has 6 heteroatoms. The van der Waals surface area contributed by atoms with Gasteiger partial charge in [-0.05, 0) is 18.6 Å². The highest BCUT2D eigenvalue weighted by atomic mass is 32.2. The molecule has 0 radical (unpaired) electrons. The van der Waals surface area contributed by atoms with Gasteiger partial charge in [0.15, 0.2) is 0 Å². The van der Waals surface area contributed by atoms with E-state index in [-0.39, 0.29) is 10.6 Å². The van der Waals surface area contributed by atoms with Gasteiger partial charge in [0.2, 0.25) is 10.0 Å². The van der Waals surface area contributed by atoms with Crippen LogP contribution in [0.5, 0.6) is 0 Å². The summed E-state index contributed by atoms with van der Waals surface area (Å²) in [4.78, 5) is -0.0383. The van der Waals surface area contributed by atoms with E-state index in [9.17, 15) is 8.42 Å². The summed E-state index contributed by atoms with van der Waals surface area (Å²) in [5.41, 5.74) is 6.46. The molecule has 0 amide bonds. The highest BCUT2D eigenvalue weighted by Gasteiger charge is 2.13. The number of anilines is 2. The summed E-state index contributed by atoms with van der Waals surface area (Å²) in [7, 11) is -3.75. The Balaban J connectivity index is 3.12. The molecule has 5 nitrogen and oxygen atoms in total. The van der Waals surface area contributed by atoms with Crippen molar-refractivity contribution in [2.24, 2.45) is 5.14 Å². The molecule has 84 valence electrons. The first kappa shape index (κ1) is 11.8. The van der Waals surface area contributed by atoms with Crippen LogP contribution in [0.25, 0.3) is 0 Å². The average Bonchev–Trinajstić information content (AvgIpc) is 2.14. The second-order valence-corrected chi connectivity index (χ2v) is 4.72. The minimum Gasteiger partial charge on any atom is -0.396 e. The molecule has 1 rings (SSSR count). The first-order valence-corrected chi connectivity index (χ1v) is 6.16. The number of para-hydroxylation sites is 1. The Labute approximate surface area is 89.5 Å². The molecule has 0 atom stereocenters. The molecule has 0 saturated heterocycles. The van der Waals surface area contributed by atoms with Crippen molar-refractivity contribution in [1.82, 2.24) is 0 Å². The second kappa shape index (κ2) is 4.50. The van der Waals surface area contributed by atoms with Crippen molar-refractivity contribution in [3.05, 3.63) is 18.2 Å². The maximum absolute atomic E-state index is 11.1. The smallest absolute Gasteiger partial charge is 0.240 e. The van der Waals surface area contributed by atoms with Gasteiger partial charge in [0.1, 0.15) is 4.90 Å². The van der Waals surface area contributed by atoms with Crippen molar-refractivity contribution in [3.8, 4) is 0 Å². The van der Waals surface area contributed by atoms with Gasteiger partial charge in [0.25, 0.3) is 0 Å². The first-order chi connectivity index (χ1) is 6.96. The number of benzene rings is 1. The van der Waals surface area contributed by atoms with Crippen LogP contribution >= 0.6 is 0 Å². The molecule has 0 spiro atoms. The van der Waals surface area contributed by atoms with Gasteiger partial charge < -0.3 is 11.1 Å². The number of sulfonamides is 1. The molecule has 0 fully saturated rings. The number of rotatable bonds is 4. The maximum atomic E-state index is 11.1. The van der Waals surface area contributed by atoms with Crippen LogP contribution in [0.3, 0.4) is 0 Å². The van der Waals surface area contributed by atoms with E-state index in [1.54, 1.807) is 12.1 Å². The fourth-order valence-electron chi connectivity index (χ4n) is 1.21. The minimum atomic E-state index is -3.75. The lowest BCUT2D eigenvalue weighted by Crippen LogP contribution is -2.15. The Hall–Kier alpha value is -1.27. The Morgan fingerprint density at radius 2 is 2.07 bits per heavy atom. The van der Waals surface area contributed by atoms with E-state index in [1.807, 2.05) is 6.92 Å². The van der Waals surface area contributed by atoms with Crippen molar-refractivity contribution >= 4 is 21.4 Å². The van der Waals surface area contributed by atoms with Gasteiger partial charge in [-0.1, -0.05) is 13.0 Å². The van der Waals surface area contributed by atoms with Gasteiger partial charge in [0, 0.05) is 6.54 Å². The lowest BCUT2D eigenvalue weighted by atomic mass is 10.2. The quantitative estimate of drug-likeness (QED) is 0.663. The van der Waals surface area contributed by atoms with Crippen molar-refractivity contribution in [2.75, 3.05) is 17.6 Å². The molecule has 5 N–H and O–H groups in total. The van der Waals surface area contributed by atoms with E-state index in [4.69, 9.17) is 10.9 Å². The molecule has 0 bridgehead atoms. The molecule has 0 saturated carbocycles. The van der Waals surface area contributed by atoms with E-state index in [0.717, 1.165) is 13.0 Å². The van der Waals surface area contributed by atoms with Crippen LogP contribution in [0.15, 0.2) is 23.1 Å². The molecule has 15 heavy (non-hydrogen) atoms. The Morgan fingerprint density at radius 1 is 1.40 bits per heavy atom. The summed E-state index contributed by atoms with van der Waals surface area (Å²) < 4.78 is 22.3. The molecule has 0 aromatic heterocycles. The third kappa shape index (κ3) is 2.84. The number of nitrogens with one attached hydrogen (secondary N) is 1. The van der Waals surface area contributed by atoms with Crippen molar-refractivity contribution in [1.29, 1.82) is 0 Å². The van der Waals surface area contributed by atoms with Crippen LogP contribution in [0.1, 0.15) is 13.3 Å². The fraction of sp³-hybridized carbons (Fsp3) is 0.333. The van der Waals surface area contributed by atoms with Gasteiger partial charge in [-0.15, -0.1) is 0 Å². The summed E-state index contributed by atoms with van der Waals surface area (Å²) in [5.74, 6) is 0. The number of hydrogen-bond donors (Lipinski definition) is 3. The molecule has 1 aromatic carbocycles. The topological polar surface area (TPSA) is 98.2 Å². The number of nitrogens with two attached hydrogens (primary N) is 2. The zero-order valence-electron chi connectivity index (χ0n) is 8.53. The monoisotopic (exact) mass is 229 g/mol. The van der Waals surface area contributed by atoms with Crippen LogP contribution in [0.4, 0.5) is 11.4 Å². The maximum Gasteiger partial charge on any atom is 0.240 e. The Morgan fingerprint density at radius 3 is 2.60 bits per heavy atom. The number of nitrogen functional groups attached to an aromatic ring is 1. The SMILES string of the molecule is CCCNc1cccc(S(N)(=O)=O)c1N. The van der Waals surface area contributed by atoms with Crippen LogP contribution in [0, 0.1) is 0 Å². The van der Waals surface area contributed by atoms with Crippen molar-refractivity contribution in [3.63, 3.8) is 0 Å². The number of primary sulfonamides is 1. The van der Waals surface area contributed by atoms with Crippen LogP contribution in [-0.2, 0) is 10.0 Å². The summed E-state index contributed by atoms with van der Waals surface area (Å²) >= 11 is 0. The fourth-order valence-corrected chi connectivity index (χ4v) is 1.89. The number of hydrogen-bond acceptors (Lipinski definition) is 4. The summed E-state index contributed by atoms with van der Waals surface area (Å²) in [6.45, 7) is 2.74. The standard InChI is InChI=1S/C9H15N3O2S/c1-2-6-12-7-4-3-5-8(9(7)10)15(11,13)14/h3-5,12H,2,6,10H2,1H3,(H2,11,13,14). The zero-order chi connectivity index (χ0) is 11.5. The van der Waals surface area contributed by atoms with Gasteiger partial charge in [0.05, 0.1) is 11.4 Å². The summed E-state index contributed by atoms with van der Waals surface area (Å²) in [6, 6.07) is 4.72. The lowest BCUT2D eigenvalue weighted by molar-refractivity contribution is 0.598. The van der Waals surface area contributed by atoms with Gasteiger partial charge in [-0.3, -0.25) is 0 Å². The van der Waals surface area contributed by atoms with Crippen molar-refractivity contribution < 1.29 is 8.42 Å². The zero-order valence-corrected chi connectivity index (χ0v) is 9.34. The lowest BCUT2D eigenvalue weighted by Gasteiger charge is -2.10. The molecule has 0 aliphatic carbocycles. The summed E-state index contributed by atoms with van der Waals surface area (Å²) in [5, 5.41) is 8.05. The van der Waals surface area contributed by atoms with E-state index in [2.05, 4.69) is 5.32 Å². The molecular weight excluding hydrogens is 214 g/mol. The molecular formula is C9H15N3O2S. The van der Waals surface area contributed by atoms with Gasteiger partial charge in [-0.25, -0.2) is 13.6 Å². The normalized spacial score (nSPS) is 11.3. The Kier molecular flexibility index (Phi) is 3.54.